The molecule has 0 N–H and O–H groups in total. The molecule has 6 nitrogen and oxygen atoms in total. The molecule has 3 aromatic heterocycles. The van der Waals surface area contributed by atoms with Gasteiger partial charge in [0.15, 0.2) is 0 Å². The molecule has 0 fully saturated rings. The van der Waals surface area contributed by atoms with E-state index in [2.05, 4.69) is 15.3 Å². The highest BCUT2D eigenvalue weighted by Crippen LogP contribution is 2.24. The minimum atomic E-state index is -0.451. The molecule has 0 bridgehead atoms. The quantitative estimate of drug-likeness (QED) is 0.328. The van der Waals surface area contributed by atoms with Crippen LogP contribution in [0.2, 0.25) is 0 Å². The number of hydrogen-bond acceptors (Lipinski definition) is 7. The molecule has 0 radical (unpaired) electrons. The van der Waals surface area contributed by atoms with Gasteiger partial charge in [0.1, 0.15) is 12.3 Å². The number of esters is 1. The Bertz CT molecular complexity index is 1260. The number of pyridine rings is 1. The van der Waals surface area contributed by atoms with E-state index in [4.69, 9.17) is 4.74 Å². The van der Waals surface area contributed by atoms with Crippen molar-refractivity contribution in [1.29, 1.82) is 0 Å². The molecule has 4 aromatic rings. The summed E-state index contributed by atoms with van der Waals surface area (Å²) in [5.74, 6) is 0.338. The fourth-order valence-electron chi connectivity index (χ4n) is 2.92. The first-order chi connectivity index (χ1) is 14.5. The lowest BCUT2D eigenvalue weighted by atomic mass is 10.2. The van der Waals surface area contributed by atoms with Crippen molar-refractivity contribution in [2.45, 2.75) is 31.1 Å². The number of benzene rings is 1. The molecule has 0 aliphatic carbocycles. The minimum Gasteiger partial charge on any atom is -0.456 e. The fraction of sp³-hybridized carbons (Fsp3) is 0.182. The van der Waals surface area contributed by atoms with Gasteiger partial charge in [-0.25, -0.2) is 14.8 Å². The minimum absolute atomic E-state index is 0.0570. The van der Waals surface area contributed by atoms with E-state index in [0.29, 0.717) is 16.9 Å². The van der Waals surface area contributed by atoms with Crippen LogP contribution in [0.25, 0.3) is 5.65 Å². The predicted molar refractivity (Wildman–Crippen MR) is 118 cm³/mol. The molecule has 0 aliphatic heterocycles. The smallest absolute Gasteiger partial charge is 0.338 e. The van der Waals surface area contributed by atoms with Crippen LogP contribution < -0.4 is 5.56 Å². The summed E-state index contributed by atoms with van der Waals surface area (Å²) in [5, 5.41) is 3.12. The molecule has 0 saturated heterocycles. The zero-order valence-electron chi connectivity index (χ0n) is 16.5. The topological polar surface area (TPSA) is 73.6 Å². The molecule has 4 rings (SSSR count). The highest BCUT2D eigenvalue weighted by atomic mass is 32.2. The van der Waals surface area contributed by atoms with E-state index in [1.807, 2.05) is 32.0 Å². The summed E-state index contributed by atoms with van der Waals surface area (Å²) >= 11 is 3.31. The van der Waals surface area contributed by atoms with Crippen molar-refractivity contribution in [3.63, 3.8) is 0 Å². The number of aryl methyl sites for hydroxylation is 2. The molecule has 0 amide bonds. The zero-order valence-corrected chi connectivity index (χ0v) is 18.1. The van der Waals surface area contributed by atoms with E-state index in [0.717, 1.165) is 26.9 Å². The highest BCUT2D eigenvalue weighted by Gasteiger charge is 2.10. The first kappa shape index (κ1) is 20.3. The number of thioether (sulfide) groups is 1. The zero-order chi connectivity index (χ0) is 21.1. The maximum Gasteiger partial charge on any atom is 0.338 e. The average Bonchev–Trinajstić information content (AvgIpc) is 3.17. The molecule has 3 heterocycles. The van der Waals surface area contributed by atoms with E-state index in [9.17, 15) is 9.59 Å². The second kappa shape index (κ2) is 8.81. The van der Waals surface area contributed by atoms with Gasteiger partial charge in [-0.3, -0.25) is 9.20 Å². The third kappa shape index (κ3) is 4.60. The molecule has 0 unspecified atom stereocenters. The van der Waals surface area contributed by atoms with Crippen molar-refractivity contribution in [3.05, 3.63) is 91.9 Å². The molecular formula is C22H19N3O3S2. The number of thiazole rings is 1. The number of nitrogens with zero attached hydrogens (tertiary/aromatic N) is 3. The number of ether oxygens (including phenoxy) is 1. The monoisotopic (exact) mass is 437 g/mol. The maximum atomic E-state index is 12.4. The summed E-state index contributed by atoms with van der Waals surface area (Å²) in [5.41, 5.74) is 3.17. The number of aromatic nitrogens is 3. The maximum absolute atomic E-state index is 12.4. The fourth-order valence-corrected chi connectivity index (χ4v) is 4.43. The van der Waals surface area contributed by atoms with Gasteiger partial charge in [-0.2, -0.15) is 0 Å². The SMILES string of the molecule is Cc1nc(CSc2ccc(C(=O)OCc3cc(=O)n4cccc(C)c4n3)cc2)cs1. The van der Waals surface area contributed by atoms with E-state index < -0.39 is 5.97 Å². The molecule has 30 heavy (non-hydrogen) atoms. The third-order valence-corrected chi connectivity index (χ3v) is 6.30. The van der Waals surface area contributed by atoms with Gasteiger partial charge in [0.05, 0.1) is 22.0 Å². The van der Waals surface area contributed by atoms with E-state index in [-0.39, 0.29) is 12.2 Å². The van der Waals surface area contributed by atoms with Crippen LogP contribution in [-0.4, -0.2) is 20.3 Å². The second-order valence-electron chi connectivity index (χ2n) is 6.72. The number of hydrogen-bond donors (Lipinski definition) is 0. The lowest BCUT2D eigenvalue weighted by molar-refractivity contribution is 0.0467. The molecule has 1 aromatic carbocycles. The molecule has 0 atom stereocenters. The first-order valence-corrected chi connectivity index (χ1v) is 11.1. The number of carbonyl (C=O) groups is 1. The van der Waals surface area contributed by atoms with Gasteiger partial charge in [0, 0.05) is 28.3 Å². The Hall–Kier alpha value is -2.97. The number of rotatable bonds is 6. The summed E-state index contributed by atoms with van der Waals surface area (Å²) in [4.78, 5) is 34.6. The van der Waals surface area contributed by atoms with Crippen molar-refractivity contribution in [1.82, 2.24) is 14.4 Å². The summed E-state index contributed by atoms with van der Waals surface area (Å²) in [6, 6.07) is 12.3. The Morgan fingerprint density at radius 2 is 1.93 bits per heavy atom. The summed E-state index contributed by atoms with van der Waals surface area (Å²) < 4.78 is 6.84. The first-order valence-electron chi connectivity index (χ1n) is 9.28. The van der Waals surface area contributed by atoms with Crippen molar-refractivity contribution < 1.29 is 9.53 Å². The Labute approximate surface area is 181 Å². The van der Waals surface area contributed by atoms with Crippen LogP contribution in [-0.2, 0) is 17.1 Å². The number of fused-ring (bicyclic) bond motifs is 1. The lowest BCUT2D eigenvalue weighted by Crippen LogP contribution is -2.17. The van der Waals surface area contributed by atoms with Gasteiger partial charge >= 0.3 is 5.97 Å². The van der Waals surface area contributed by atoms with Crippen LogP contribution >= 0.6 is 23.1 Å². The largest absolute Gasteiger partial charge is 0.456 e. The third-order valence-electron chi connectivity index (χ3n) is 4.43. The molecule has 0 saturated carbocycles. The Morgan fingerprint density at radius 3 is 2.67 bits per heavy atom. The molecule has 0 aliphatic rings. The Balaban J connectivity index is 1.39. The van der Waals surface area contributed by atoms with Gasteiger partial charge in [-0.15, -0.1) is 23.1 Å². The Morgan fingerprint density at radius 1 is 1.13 bits per heavy atom. The summed E-state index contributed by atoms with van der Waals surface area (Å²) in [7, 11) is 0. The van der Waals surface area contributed by atoms with Crippen LogP contribution in [0.4, 0.5) is 0 Å². The standard InChI is InChI=1S/C22H19N3O3S2/c1-14-4-3-9-25-20(26)10-17(24-21(14)25)11-28-22(27)16-5-7-19(8-6-16)30-13-18-12-29-15(2)23-18/h3-10,12H,11,13H2,1-2H3. The van der Waals surface area contributed by atoms with Gasteiger partial charge in [0.25, 0.3) is 5.56 Å². The summed E-state index contributed by atoms with van der Waals surface area (Å²) in [6.07, 6.45) is 1.67. The molecule has 8 heteroatoms. The van der Waals surface area contributed by atoms with Gasteiger partial charge in [-0.05, 0) is 49.7 Å². The van der Waals surface area contributed by atoms with Crippen molar-refractivity contribution >= 4 is 34.7 Å². The van der Waals surface area contributed by atoms with Crippen molar-refractivity contribution in [2.75, 3.05) is 0 Å². The van der Waals surface area contributed by atoms with E-state index in [1.54, 1.807) is 47.5 Å². The predicted octanol–water partition coefficient (Wildman–Crippen LogP) is 4.42. The normalized spacial score (nSPS) is 11.0. The lowest BCUT2D eigenvalue weighted by Gasteiger charge is -2.08. The van der Waals surface area contributed by atoms with E-state index in [1.165, 1.54) is 10.5 Å². The highest BCUT2D eigenvalue weighted by molar-refractivity contribution is 7.98. The molecule has 152 valence electrons. The molecule has 0 spiro atoms. The van der Waals surface area contributed by atoms with Gasteiger partial charge in [0.2, 0.25) is 0 Å². The van der Waals surface area contributed by atoms with Crippen LogP contribution in [0.1, 0.15) is 32.3 Å². The second-order valence-corrected chi connectivity index (χ2v) is 8.83. The van der Waals surface area contributed by atoms with Crippen LogP contribution in [0, 0.1) is 13.8 Å². The summed E-state index contributed by atoms with van der Waals surface area (Å²) in [6.45, 7) is 3.82. The van der Waals surface area contributed by atoms with Crippen molar-refractivity contribution in [2.24, 2.45) is 0 Å². The molecular weight excluding hydrogens is 418 g/mol. The van der Waals surface area contributed by atoms with E-state index >= 15 is 0 Å². The number of carbonyl (C=O) groups excluding carboxylic acids is 1. The van der Waals surface area contributed by atoms with Crippen LogP contribution in [0.5, 0.6) is 0 Å². The van der Waals surface area contributed by atoms with Crippen molar-refractivity contribution in [3.8, 4) is 0 Å². The van der Waals surface area contributed by atoms with Crippen LogP contribution in [0.3, 0.4) is 0 Å². The average molecular weight is 438 g/mol. The van der Waals surface area contributed by atoms with Crippen LogP contribution in [0.15, 0.2) is 63.7 Å². The van der Waals surface area contributed by atoms with Gasteiger partial charge < -0.3 is 4.74 Å². The van der Waals surface area contributed by atoms with Gasteiger partial charge in [-0.1, -0.05) is 6.07 Å². The Kier molecular flexibility index (Phi) is 5.96.